The summed E-state index contributed by atoms with van der Waals surface area (Å²) in [5.41, 5.74) is 0. The lowest BCUT2D eigenvalue weighted by Gasteiger charge is -2.40. The zero-order chi connectivity index (χ0) is 9.47. The fourth-order valence-corrected chi connectivity index (χ4v) is 3.15. The highest BCUT2D eigenvalue weighted by atomic mass is 35.5. The minimum Gasteiger partial charge on any atom is -0.298 e. The van der Waals surface area contributed by atoms with Crippen LogP contribution in [0.25, 0.3) is 0 Å². The number of fused-ring (bicyclic) bond motifs is 1. The third-order valence-corrected chi connectivity index (χ3v) is 4.11. The fourth-order valence-electron chi connectivity index (χ4n) is 2.88. The van der Waals surface area contributed by atoms with Crippen LogP contribution in [-0.2, 0) is 4.79 Å². The predicted octanol–water partition coefficient (Wildman–Crippen LogP) is 3.15. The number of halogens is 1. The Bertz CT molecular complexity index is 222. The molecule has 2 aliphatic carbocycles. The summed E-state index contributed by atoms with van der Waals surface area (Å²) in [5.74, 6) is 1.67. The first-order chi connectivity index (χ1) is 6.09. The van der Waals surface area contributed by atoms with Crippen molar-refractivity contribution in [3.63, 3.8) is 0 Å². The molecule has 0 saturated heterocycles. The molecule has 2 heteroatoms. The molecule has 0 N–H and O–H groups in total. The van der Waals surface area contributed by atoms with E-state index in [1.54, 1.807) is 0 Å². The van der Waals surface area contributed by atoms with Gasteiger partial charge in [-0.15, -0.1) is 11.6 Å². The summed E-state index contributed by atoms with van der Waals surface area (Å²) in [6, 6.07) is 0. The highest BCUT2D eigenvalue weighted by Crippen LogP contribution is 2.44. The van der Waals surface area contributed by atoms with Crippen molar-refractivity contribution in [2.75, 3.05) is 0 Å². The number of carbonyl (C=O) groups excluding carboxylic acids is 1. The summed E-state index contributed by atoms with van der Waals surface area (Å²) in [5, 5.41) is 0. The van der Waals surface area contributed by atoms with Gasteiger partial charge in [-0.2, -0.15) is 0 Å². The topological polar surface area (TPSA) is 17.1 Å². The minimum atomic E-state index is -0.543. The number of hydrogen-bond acceptors (Lipinski definition) is 1. The SMILES string of the molecule is C[C@]1(Cl)C[C@H]2CCCC[C@@H]2CC1=O. The van der Waals surface area contributed by atoms with E-state index >= 15 is 0 Å². The Labute approximate surface area is 84.8 Å². The second kappa shape index (κ2) is 3.27. The average Bonchev–Trinajstić information content (AvgIpc) is 2.06. The van der Waals surface area contributed by atoms with Crippen LogP contribution in [0.15, 0.2) is 0 Å². The second-order valence-corrected chi connectivity index (χ2v) is 5.67. The zero-order valence-corrected chi connectivity index (χ0v) is 8.94. The number of alkyl halides is 1. The quantitative estimate of drug-likeness (QED) is 0.549. The first-order valence-corrected chi connectivity index (χ1v) is 5.69. The van der Waals surface area contributed by atoms with Gasteiger partial charge in [0.2, 0.25) is 0 Å². The number of Topliss-reactive ketones (excluding diaryl/α,β-unsaturated/α-hetero) is 1. The Kier molecular flexibility index (Phi) is 2.39. The van der Waals surface area contributed by atoms with E-state index < -0.39 is 4.87 Å². The summed E-state index contributed by atoms with van der Waals surface area (Å²) in [7, 11) is 0. The molecule has 3 atom stereocenters. The van der Waals surface area contributed by atoms with Crippen LogP contribution in [0, 0.1) is 11.8 Å². The van der Waals surface area contributed by atoms with E-state index in [4.69, 9.17) is 11.6 Å². The van der Waals surface area contributed by atoms with Crippen molar-refractivity contribution in [1.29, 1.82) is 0 Å². The van der Waals surface area contributed by atoms with E-state index in [0.29, 0.717) is 5.92 Å². The minimum absolute atomic E-state index is 0.275. The van der Waals surface area contributed by atoms with Gasteiger partial charge in [0.1, 0.15) is 4.87 Å². The van der Waals surface area contributed by atoms with E-state index in [1.807, 2.05) is 6.92 Å². The molecule has 0 heterocycles. The van der Waals surface area contributed by atoms with Gasteiger partial charge in [-0.3, -0.25) is 4.79 Å². The lowest BCUT2D eigenvalue weighted by Crippen LogP contribution is -2.42. The maximum Gasteiger partial charge on any atom is 0.153 e. The predicted molar refractivity (Wildman–Crippen MR) is 53.9 cm³/mol. The molecule has 0 aromatic rings. The molecule has 0 amide bonds. The maximum absolute atomic E-state index is 11.6. The molecule has 13 heavy (non-hydrogen) atoms. The number of carbonyl (C=O) groups is 1. The van der Waals surface area contributed by atoms with Gasteiger partial charge in [-0.05, 0) is 31.6 Å². The average molecular weight is 201 g/mol. The third kappa shape index (κ3) is 1.76. The summed E-state index contributed by atoms with van der Waals surface area (Å²) < 4.78 is 0. The first kappa shape index (κ1) is 9.51. The molecule has 2 rings (SSSR count). The molecule has 0 aromatic carbocycles. The highest BCUT2D eigenvalue weighted by molar-refractivity contribution is 6.35. The first-order valence-electron chi connectivity index (χ1n) is 5.32. The van der Waals surface area contributed by atoms with Gasteiger partial charge < -0.3 is 0 Å². The lowest BCUT2D eigenvalue weighted by molar-refractivity contribution is -0.126. The van der Waals surface area contributed by atoms with E-state index in [2.05, 4.69) is 0 Å². The Morgan fingerprint density at radius 1 is 1.31 bits per heavy atom. The lowest BCUT2D eigenvalue weighted by atomic mass is 9.67. The number of rotatable bonds is 0. The number of hydrogen-bond donors (Lipinski definition) is 0. The van der Waals surface area contributed by atoms with E-state index in [-0.39, 0.29) is 5.78 Å². The Morgan fingerprint density at radius 3 is 2.62 bits per heavy atom. The molecule has 2 saturated carbocycles. The van der Waals surface area contributed by atoms with Crippen LogP contribution in [0.2, 0.25) is 0 Å². The summed E-state index contributed by atoms with van der Waals surface area (Å²) in [6.07, 6.45) is 6.85. The van der Waals surface area contributed by atoms with Gasteiger partial charge in [0.15, 0.2) is 5.78 Å². The monoisotopic (exact) mass is 200 g/mol. The molecule has 0 spiro atoms. The van der Waals surface area contributed by atoms with Crippen molar-refractivity contribution in [1.82, 2.24) is 0 Å². The van der Waals surface area contributed by atoms with Crippen LogP contribution in [0.5, 0.6) is 0 Å². The third-order valence-electron chi connectivity index (χ3n) is 3.74. The zero-order valence-electron chi connectivity index (χ0n) is 8.18. The molecule has 74 valence electrons. The maximum atomic E-state index is 11.6. The smallest absolute Gasteiger partial charge is 0.153 e. The van der Waals surface area contributed by atoms with E-state index in [1.165, 1.54) is 25.7 Å². The van der Waals surface area contributed by atoms with Crippen LogP contribution in [0.3, 0.4) is 0 Å². The Hall–Kier alpha value is -0.0400. The van der Waals surface area contributed by atoms with Gasteiger partial charge in [-0.1, -0.05) is 19.3 Å². The van der Waals surface area contributed by atoms with E-state index in [0.717, 1.165) is 18.8 Å². The summed E-state index contributed by atoms with van der Waals surface area (Å²) in [4.78, 5) is 11.1. The number of ketones is 1. The molecule has 2 fully saturated rings. The van der Waals surface area contributed by atoms with Crippen LogP contribution in [0.1, 0.15) is 45.4 Å². The van der Waals surface area contributed by atoms with Crippen LogP contribution in [-0.4, -0.2) is 10.7 Å². The van der Waals surface area contributed by atoms with Crippen LogP contribution >= 0.6 is 11.6 Å². The summed E-state index contributed by atoms with van der Waals surface area (Å²) >= 11 is 6.19. The van der Waals surface area contributed by atoms with Crippen molar-refractivity contribution < 1.29 is 4.79 Å². The molecule has 0 aromatic heterocycles. The van der Waals surface area contributed by atoms with Crippen molar-refractivity contribution in [3.8, 4) is 0 Å². The van der Waals surface area contributed by atoms with Crippen molar-refractivity contribution in [3.05, 3.63) is 0 Å². The molecule has 0 bridgehead atoms. The molecule has 0 radical (unpaired) electrons. The molecule has 0 aliphatic heterocycles. The molecular weight excluding hydrogens is 184 g/mol. The largest absolute Gasteiger partial charge is 0.298 e. The molecule has 1 nitrogen and oxygen atoms in total. The van der Waals surface area contributed by atoms with Crippen molar-refractivity contribution >= 4 is 17.4 Å². The van der Waals surface area contributed by atoms with Gasteiger partial charge in [0.05, 0.1) is 0 Å². The highest BCUT2D eigenvalue weighted by Gasteiger charge is 2.43. The van der Waals surface area contributed by atoms with E-state index in [9.17, 15) is 4.79 Å². The van der Waals surface area contributed by atoms with Crippen molar-refractivity contribution in [2.24, 2.45) is 11.8 Å². The normalized spacial score (nSPS) is 45.8. The van der Waals surface area contributed by atoms with Crippen LogP contribution in [0.4, 0.5) is 0 Å². The van der Waals surface area contributed by atoms with Gasteiger partial charge in [0, 0.05) is 6.42 Å². The Morgan fingerprint density at radius 2 is 1.92 bits per heavy atom. The van der Waals surface area contributed by atoms with Crippen molar-refractivity contribution in [2.45, 2.75) is 50.3 Å². The molecule has 2 aliphatic rings. The summed E-state index contributed by atoms with van der Waals surface area (Å²) in [6.45, 7) is 1.89. The fraction of sp³-hybridized carbons (Fsp3) is 0.909. The second-order valence-electron chi connectivity index (χ2n) is 4.83. The molecule has 0 unspecified atom stereocenters. The van der Waals surface area contributed by atoms with Gasteiger partial charge >= 0.3 is 0 Å². The van der Waals surface area contributed by atoms with Gasteiger partial charge in [0.25, 0.3) is 0 Å². The van der Waals surface area contributed by atoms with Crippen LogP contribution < -0.4 is 0 Å². The molecular formula is C11H17ClO. The standard InChI is InChI=1S/C11H17ClO/c1-11(12)7-9-5-3-2-4-8(9)6-10(11)13/h8-9H,2-7H2,1H3/t8-,9-,11+/m1/s1. The van der Waals surface area contributed by atoms with Gasteiger partial charge in [-0.25, -0.2) is 0 Å². The Balaban J connectivity index is 2.10.